The summed E-state index contributed by atoms with van der Waals surface area (Å²) in [5.74, 6) is 0.0359. The zero-order valence-electron chi connectivity index (χ0n) is 11.2. The molecule has 2 unspecified atom stereocenters. The van der Waals surface area contributed by atoms with E-state index < -0.39 is 0 Å². The number of amides is 1. The van der Waals surface area contributed by atoms with E-state index in [9.17, 15) is 4.79 Å². The van der Waals surface area contributed by atoms with Crippen LogP contribution in [0.4, 0.5) is 5.69 Å². The molecule has 1 saturated heterocycles. The third kappa shape index (κ3) is 2.73. The van der Waals surface area contributed by atoms with Gasteiger partial charge in [0.1, 0.15) is 0 Å². The molecule has 1 amide bonds. The fourth-order valence-electron chi connectivity index (χ4n) is 2.84. The third-order valence-electron chi connectivity index (χ3n) is 3.90. The van der Waals surface area contributed by atoms with Crippen LogP contribution in [-0.4, -0.2) is 31.2 Å². The smallest absolute Gasteiger partial charge is 0.251 e. The van der Waals surface area contributed by atoms with Crippen molar-refractivity contribution in [2.75, 3.05) is 18.5 Å². The number of rotatable bonds is 2. The monoisotopic (exact) mass is 260 g/mol. The number of carbonyl (C=O) groups is 1. The highest BCUT2D eigenvalue weighted by Gasteiger charge is 2.22. The Kier molecular flexibility index (Phi) is 3.42. The fraction of sp³-hybridized carbons (Fsp3) is 0.533. The largest absolute Gasteiger partial charge is 0.384 e. The first-order valence-electron chi connectivity index (χ1n) is 7.01. The van der Waals surface area contributed by atoms with Gasteiger partial charge in [-0.15, -0.1) is 0 Å². The van der Waals surface area contributed by atoms with Gasteiger partial charge in [-0.05, 0) is 49.9 Å². The van der Waals surface area contributed by atoms with Gasteiger partial charge < -0.3 is 15.4 Å². The first-order valence-corrected chi connectivity index (χ1v) is 7.01. The summed E-state index contributed by atoms with van der Waals surface area (Å²) in [4.78, 5) is 12.2. The number of nitrogens with one attached hydrogen (secondary N) is 2. The Labute approximate surface area is 113 Å². The predicted molar refractivity (Wildman–Crippen MR) is 74.5 cm³/mol. The summed E-state index contributed by atoms with van der Waals surface area (Å²) in [6.07, 6.45) is 3.05. The van der Waals surface area contributed by atoms with E-state index in [-0.39, 0.29) is 18.1 Å². The molecule has 0 aromatic heterocycles. The molecule has 3 rings (SSSR count). The van der Waals surface area contributed by atoms with Crippen molar-refractivity contribution in [2.24, 2.45) is 0 Å². The fourth-order valence-corrected chi connectivity index (χ4v) is 2.84. The molecule has 4 heteroatoms. The minimum absolute atomic E-state index is 0.0359. The van der Waals surface area contributed by atoms with E-state index in [1.54, 1.807) is 0 Å². The minimum atomic E-state index is 0.0359. The average molecular weight is 260 g/mol. The van der Waals surface area contributed by atoms with Crippen LogP contribution in [0.2, 0.25) is 0 Å². The van der Waals surface area contributed by atoms with E-state index in [0.717, 1.165) is 43.7 Å². The molecule has 19 heavy (non-hydrogen) atoms. The number of benzene rings is 1. The maximum Gasteiger partial charge on any atom is 0.251 e. The van der Waals surface area contributed by atoms with Crippen molar-refractivity contribution in [3.8, 4) is 0 Å². The van der Waals surface area contributed by atoms with Crippen LogP contribution in [0.5, 0.6) is 0 Å². The van der Waals surface area contributed by atoms with Crippen LogP contribution in [0, 0.1) is 0 Å². The molecule has 0 saturated carbocycles. The zero-order chi connectivity index (χ0) is 13.2. The van der Waals surface area contributed by atoms with Gasteiger partial charge in [-0.1, -0.05) is 0 Å². The summed E-state index contributed by atoms with van der Waals surface area (Å²) < 4.78 is 5.50. The maximum atomic E-state index is 12.2. The highest BCUT2D eigenvalue weighted by atomic mass is 16.5. The van der Waals surface area contributed by atoms with Gasteiger partial charge in [0.25, 0.3) is 5.91 Å². The van der Waals surface area contributed by atoms with Crippen LogP contribution >= 0.6 is 0 Å². The third-order valence-corrected chi connectivity index (χ3v) is 3.90. The number of hydrogen-bond donors (Lipinski definition) is 2. The van der Waals surface area contributed by atoms with Crippen molar-refractivity contribution in [2.45, 2.75) is 38.3 Å². The molecule has 2 aliphatic rings. The Bertz CT molecular complexity index is 487. The molecule has 0 aliphatic carbocycles. The molecule has 102 valence electrons. The molecule has 0 bridgehead atoms. The van der Waals surface area contributed by atoms with Crippen molar-refractivity contribution in [1.29, 1.82) is 0 Å². The summed E-state index contributed by atoms with van der Waals surface area (Å²) in [5.41, 5.74) is 3.17. The molecule has 1 aromatic rings. The van der Waals surface area contributed by atoms with Crippen LogP contribution < -0.4 is 10.6 Å². The van der Waals surface area contributed by atoms with Gasteiger partial charge in [-0.3, -0.25) is 4.79 Å². The number of carbonyl (C=O) groups excluding carboxylic acids is 1. The first-order chi connectivity index (χ1) is 9.22. The van der Waals surface area contributed by atoms with Crippen LogP contribution in [0.15, 0.2) is 18.2 Å². The van der Waals surface area contributed by atoms with E-state index >= 15 is 0 Å². The number of ether oxygens (including phenoxy) is 1. The topological polar surface area (TPSA) is 50.4 Å². The number of fused-ring (bicyclic) bond motifs is 1. The van der Waals surface area contributed by atoms with Crippen molar-refractivity contribution in [3.63, 3.8) is 0 Å². The van der Waals surface area contributed by atoms with Gasteiger partial charge >= 0.3 is 0 Å². The van der Waals surface area contributed by atoms with Crippen molar-refractivity contribution >= 4 is 11.6 Å². The summed E-state index contributed by atoms with van der Waals surface area (Å²) in [6, 6.07) is 6.15. The zero-order valence-corrected chi connectivity index (χ0v) is 11.2. The summed E-state index contributed by atoms with van der Waals surface area (Å²) in [7, 11) is 0. The normalized spacial score (nSPS) is 25.5. The van der Waals surface area contributed by atoms with Crippen molar-refractivity contribution < 1.29 is 9.53 Å². The molecule has 0 spiro atoms. The predicted octanol–water partition coefficient (Wildman–Crippen LogP) is 1.95. The Morgan fingerprint density at radius 3 is 3.21 bits per heavy atom. The number of anilines is 1. The lowest BCUT2D eigenvalue weighted by molar-refractivity contribution is 0.0136. The van der Waals surface area contributed by atoms with Gasteiger partial charge in [-0.2, -0.15) is 0 Å². The molecule has 1 fully saturated rings. The molecule has 4 nitrogen and oxygen atoms in total. The van der Waals surface area contributed by atoms with Gasteiger partial charge in [0.2, 0.25) is 0 Å². The second-order valence-corrected chi connectivity index (χ2v) is 5.42. The minimum Gasteiger partial charge on any atom is -0.384 e. The van der Waals surface area contributed by atoms with Gasteiger partial charge in [-0.25, -0.2) is 0 Å². The molecule has 2 heterocycles. The summed E-state index contributed by atoms with van der Waals surface area (Å²) in [6.45, 7) is 3.76. The van der Waals surface area contributed by atoms with Crippen LogP contribution in [-0.2, 0) is 11.2 Å². The average Bonchev–Trinajstić information content (AvgIpc) is 2.85. The lowest BCUT2D eigenvalue weighted by Crippen LogP contribution is -2.41. The van der Waals surface area contributed by atoms with Crippen LogP contribution in [0.1, 0.15) is 35.7 Å². The van der Waals surface area contributed by atoms with Crippen LogP contribution in [0.25, 0.3) is 0 Å². The second kappa shape index (κ2) is 5.21. The van der Waals surface area contributed by atoms with Gasteiger partial charge in [0, 0.05) is 30.4 Å². The molecule has 1 aromatic carbocycles. The van der Waals surface area contributed by atoms with E-state index in [4.69, 9.17) is 4.74 Å². The van der Waals surface area contributed by atoms with Crippen molar-refractivity contribution in [1.82, 2.24) is 5.32 Å². The Balaban J connectivity index is 1.67. The second-order valence-electron chi connectivity index (χ2n) is 5.42. The van der Waals surface area contributed by atoms with E-state index in [1.807, 2.05) is 18.2 Å². The first kappa shape index (κ1) is 12.5. The molecule has 2 aliphatic heterocycles. The highest BCUT2D eigenvalue weighted by molar-refractivity contribution is 5.95. The lowest BCUT2D eigenvalue weighted by atomic mass is 10.0. The van der Waals surface area contributed by atoms with Gasteiger partial charge in [0.05, 0.1) is 6.10 Å². The molecular formula is C15H20N2O2. The Morgan fingerprint density at radius 1 is 1.47 bits per heavy atom. The van der Waals surface area contributed by atoms with Crippen molar-refractivity contribution in [3.05, 3.63) is 29.3 Å². The van der Waals surface area contributed by atoms with Gasteiger partial charge in [0.15, 0.2) is 0 Å². The van der Waals surface area contributed by atoms with E-state index in [2.05, 4.69) is 17.6 Å². The SMILES string of the molecule is CC1CC(NC(=O)c2ccc3c(c2)CCN3)CCO1. The van der Waals surface area contributed by atoms with E-state index in [1.165, 1.54) is 5.56 Å². The summed E-state index contributed by atoms with van der Waals surface area (Å²) in [5, 5.41) is 6.42. The standard InChI is InChI=1S/C15H20N2O2/c1-10-8-13(5-7-19-10)17-15(18)12-2-3-14-11(9-12)4-6-16-14/h2-3,9-10,13,16H,4-8H2,1H3,(H,17,18). The number of hydrogen-bond acceptors (Lipinski definition) is 3. The Morgan fingerprint density at radius 2 is 2.37 bits per heavy atom. The maximum absolute atomic E-state index is 12.2. The molecule has 0 radical (unpaired) electrons. The van der Waals surface area contributed by atoms with E-state index in [0.29, 0.717) is 0 Å². The molecular weight excluding hydrogens is 240 g/mol. The molecule has 2 atom stereocenters. The van der Waals surface area contributed by atoms with Crippen LogP contribution in [0.3, 0.4) is 0 Å². The quantitative estimate of drug-likeness (QED) is 0.854. The summed E-state index contributed by atoms with van der Waals surface area (Å²) >= 11 is 0. The highest BCUT2D eigenvalue weighted by Crippen LogP contribution is 2.23. The molecule has 2 N–H and O–H groups in total. The Hall–Kier alpha value is -1.55. The lowest BCUT2D eigenvalue weighted by Gasteiger charge is -2.28.